The number of aromatic nitrogens is 2. The Morgan fingerprint density at radius 2 is 1.00 bits per heavy atom. The molecule has 0 N–H and O–H groups in total. The van der Waals surface area contributed by atoms with Crippen LogP contribution in [0.4, 0.5) is 5.95 Å². The van der Waals surface area contributed by atoms with Gasteiger partial charge in [0, 0.05) is 24.7 Å². The van der Waals surface area contributed by atoms with E-state index < -0.39 is 0 Å². The van der Waals surface area contributed by atoms with Gasteiger partial charge in [-0.2, -0.15) is 0 Å². The first-order valence-electron chi connectivity index (χ1n) is 22.9. The van der Waals surface area contributed by atoms with Crippen molar-refractivity contribution in [3.63, 3.8) is 0 Å². The third-order valence-electron chi connectivity index (χ3n) is 12.3. The second-order valence-electron chi connectivity index (χ2n) is 23.5. The van der Waals surface area contributed by atoms with Crippen molar-refractivity contribution in [1.29, 1.82) is 0 Å². The fourth-order valence-corrected chi connectivity index (χ4v) is 7.84. The molecule has 1 saturated heterocycles. The average Bonchev–Trinajstić information content (AvgIpc) is 3.10. The van der Waals surface area contributed by atoms with E-state index in [2.05, 4.69) is 93.0 Å². The minimum Gasteiger partial charge on any atom is -0.465 e. The van der Waals surface area contributed by atoms with Gasteiger partial charge in [0.1, 0.15) is 6.10 Å². The maximum absolute atomic E-state index is 11.8. The summed E-state index contributed by atoms with van der Waals surface area (Å²) in [5.41, 5.74) is 1.69. The van der Waals surface area contributed by atoms with Gasteiger partial charge in [-0.15, -0.1) is 0 Å². The second-order valence-corrected chi connectivity index (χ2v) is 23.5. The first-order chi connectivity index (χ1) is 25.9. The summed E-state index contributed by atoms with van der Waals surface area (Å²) in [7, 11) is 0. The number of anilines is 1. The van der Waals surface area contributed by atoms with Gasteiger partial charge in [-0.1, -0.05) is 96.9 Å². The summed E-state index contributed by atoms with van der Waals surface area (Å²) in [6, 6.07) is 2.03. The number of nitrogens with zero attached hydrogens (tertiary/aromatic N) is 3. The van der Waals surface area contributed by atoms with E-state index in [0.717, 1.165) is 55.3 Å². The third kappa shape index (κ3) is 19.2. The van der Waals surface area contributed by atoms with E-state index in [9.17, 15) is 9.59 Å². The molecule has 1 aromatic rings. The lowest BCUT2D eigenvalue weighted by molar-refractivity contribution is -0.161. The Bertz CT molecular complexity index is 1310. The van der Waals surface area contributed by atoms with E-state index >= 15 is 0 Å². The third-order valence-corrected chi connectivity index (χ3v) is 12.3. The zero-order valence-corrected chi connectivity index (χ0v) is 41.2. The minimum absolute atomic E-state index is 0.0586. The van der Waals surface area contributed by atoms with Gasteiger partial charge in [0.15, 0.2) is 0 Å². The summed E-state index contributed by atoms with van der Waals surface area (Å²) < 4.78 is 11.0. The van der Waals surface area contributed by atoms with Crippen molar-refractivity contribution in [1.82, 2.24) is 9.97 Å². The van der Waals surface area contributed by atoms with Gasteiger partial charge < -0.3 is 14.4 Å². The molecular formula is C50H93N3O4. The van der Waals surface area contributed by atoms with Gasteiger partial charge in [0.05, 0.1) is 23.1 Å². The van der Waals surface area contributed by atoms with Crippen molar-refractivity contribution < 1.29 is 19.1 Å². The Kier molecular flexibility index (Phi) is 20.3. The lowest BCUT2D eigenvalue weighted by atomic mass is 9.70. The van der Waals surface area contributed by atoms with Crippen molar-refractivity contribution in [2.45, 2.75) is 214 Å². The molecule has 3 fully saturated rings. The molecule has 2 aliphatic carbocycles. The smallest absolute Gasteiger partial charge is 0.311 e. The molecule has 2 saturated carbocycles. The van der Waals surface area contributed by atoms with Crippen LogP contribution in [0.2, 0.25) is 0 Å². The molecule has 0 aromatic carbocycles. The van der Waals surface area contributed by atoms with E-state index in [1.54, 1.807) is 0 Å². The van der Waals surface area contributed by atoms with Crippen LogP contribution in [0, 0.1) is 50.7 Å². The van der Waals surface area contributed by atoms with E-state index in [1.165, 1.54) is 51.4 Å². The summed E-state index contributed by atoms with van der Waals surface area (Å²) in [5, 5.41) is 0. The highest BCUT2D eigenvalue weighted by molar-refractivity contribution is 5.75. The van der Waals surface area contributed by atoms with Gasteiger partial charge in [0.25, 0.3) is 0 Å². The topological polar surface area (TPSA) is 81.6 Å². The Morgan fingerprint density at radius 3 is 1.39 bits per heavy atom. The largest absolute Gasteiger partial charge is 0.465 e. The lowest BCUT2D eigenvalue weighted by Crippen LogP contribution is -2.39. The van der Waals surface area contributed by atoms with Crippen LogP contribution in [0.1, 0.15) is 208 Å². The first-order valence-corrected chi connectivity index (χ1v) is 22.9. The molecule has 2 heterocycles. The maximum atomic E-state index is 11.8. The number of ether oxygens (including phenoxy) is 2. The Hall–Kier alpha value is -2.18. The Labute approximate surface area is 353 Å². The number of hydrogen-bond acceptors (Lipinski definition) is 7. The molecule has 4 rings (SSSR count). The summed E-state index contributed by atoms with van der Waals surface area (Å²) in [6.45, 7) is 45.8. The van der Waals surface area contributed by atoms with E-state index in [4.69, 9.17) is 14.5 Å². The number of carbonyl (C=O) groups is 2. The molecule has 1 aliphatic heterocycles. The standard InChI is InChI=1S/C17H29N3.C16H30O2.C15H28O2.C2H6/c1-16(2,3)13-8-11-20(12-9-13)15-18-10-7-14(19-15)17(4,5)6;1-15(2,3)13-9-7-12(8-10-13)11-18-14(17)16(4,5)6;1-14(2,3)11-7-9-12(10-8-11)17-13(16)15(4,5)6;1-2/h7,10,13H,8-9,11-12H2,1-6H3;12-13H,7-11H2,1-6H3;11-12H,7-10H2,1-6H3;1-2H3. The summed E-state index contributed by atoms with van der Waals surface area (Å²) >= 11 is 0. The van der Waals surface area contributed by atoms with E-state index in [1.807, 2.05) is 67.7 Å². The maximum Gasteiger partial charge on any atom is 0.311 e. The number of hydrogen-bond donors (Lipinski definition) is 0. The summed E-state index contributed by atoms with van der Waals surface area (Å²) in [5.74, 6) is 3.76. The van der Waals surface area contributed by atoms with E-state index in [-0.39, 0.29) is 34.3 Å². The molecular weight excluding hydrogens is 707 g/mol. The number of carbonyl (C=O) groups excluding carboxylic acids is 2. The van der Waals surface area contributed by atoms with Crippen LogP contribution in [0.25, 0.3) is 0 Å². The normalized spacial score (nSPS) is 22.7. The molecule has 0 bridgehead atoms. The highest BCUT2D eigenvalue weighted by atomic mass is 16.5. The number of rotatable bonds is 4. The zero-order chi connectivity index (χ0) is 44.2. The molecule has 7 heteroatoms. The van der Waals surface area contributed by atoms with Crippen molar-refractivity contribution >= 4 is 17.9 Å². The van der Waals surface area contributed by atoms with Crippen molar-refractivity contribution in [2.24, 2.45) is 50.7 Å². The van der Waals surface area contributed by atoms with Crippen LogP contribution in [0.15, 0.2) is 12.3 Å². The number of piperidine rings is 1. The monoisotopic (exact) mass is 800 g/mol. The van der Waals surface area contributed by atoms with Crippen LogP contribution in [-0.2, 0) is 24.5 Å². The quantitative estimate of drug-likeness (QED) is 0.281. The SMILES string of the molecule is CC.CC(C)(C)C(=O)OC1CCC(C(C)(C)C)CC1.CC(C)(C)C(=O)OCC1CCC(C(C)(C)C)CC1.CC(C)(C)c1ccnc(N2CCC(C(C)(C)C)CC2)n1. The van der Waals surface area contributed by atoms with Crippen LogP contribution in [0.3, 0.4) is 0 Å². The molecule has 0 radical (unpaired) electrons. The molecule has 0 unspecified atom stereocenters. The van der Waals surface area contributed by atoms with Crippen LogP contribution < -0.4 is 4.90 Å². The molecule has 7 nitrogen and oxygen atoms in total. The van der Waals surface area contributed by atoms with Crippen molar-refractivity contribution in [3.8, 4) is 0 Å². The van der Waals surface area contributed by atoms with Gasteiger partial charge in [-0.3, -0.25) is 9.59 Å². The first kappa shape index (κ1) is 52.8. The van der Waals surface area contributed by atoms with Gasteiger partial charge in [-0.05, 0) is 152 Å². The average molecular weight is 800 g/mol. The summed E-state index contributed by atoms with van der Waals surface area (Å²) in [4.78, 5) is 35.1. The highest BCUT2D eigenvalue weighted by Gasteiger charge is 2.34. The Balaban J connectivity index is 0.000000420. The van der Waals surface area contributed by atoms with Gasteiger partial charge in [-0.25, -0.2) is 9.97 Å². The van der Waals surface area contributed by atoms with Crippen molar-refractivity contribution in [3.05, 3.63) is 18.0 Å². The van der Waals surface area contributed by atoms with Crippen LogP contribution in [0.5, 0.6) is 0 Å². The molecule has 3 aliphatic rings. The second kappa shape index (κ2) is 21.9. The molecule has 332 valence electrons. The molecule has 1 aromatic heterocycles. The predicted octanol–water partition coefficient (Wildman–Crippen LogP) is 13.7. The zero-order valence-electron chi connectivity index (χ0n) is 41.2. The minimum atomic E-state index is -0.374. The molecule has 0 amide bonds. The lowest BCUT2D eigenvalue weighted by Gasteiger charge is -2.39. The van der Waals surface area contributed by atoms with Gasteiger partial charge in [0.2, 0.25) is 5.95 Å². The highest BCUT2D eigenvalue weighted by Crippen LogP contribution is 2.41. The van der Waals surface area contributed by atoms with E-state index in [0.29, 0.717) is 28.8 Å². The molecule has 57 heavy (non-hydrogen) atoms. The molecule has 0 spiro atoms. The summed E-state index contributed by atoms with van der Waals surface area (Å²) in [6.07, 6.45) is 13.9. The fourth-order valence-electron chi connectivity index (χ4n) is 7.84. The van der Waals surface area contributed by atoms with Crippen molar-refractivity contribution in [2.75, 3.05) is 24.6 Å². The fraction of sp³-hybridized carbons (Fsp3) is 0.880. The van der Waals surface area contributed by atoms with Gasteiger partial charge >= 0.3 is 11.9 Å². The number of esters is 2. The van der Waals surface area contributed by atoms with Crippen LogP contribution >= 0.6 is 0 Å². The Morgan fingerprint density at radius 1 is 0.596 bits per heavy atom. The predicted molar refractivity (Wildman–Crippen MR) is 243 cm³/mol. The van der Waals surface area contributed by atoms with Crippen LogP contribution in [-0.4, -0.2) is 47.7 Å². The molecule has 0 atom stereocenters.